The number of nitrogens with one attached hydrogen (secondary N) is 2. The average molecular weight is 313 g/mol. The van der Waals surface area contributed by atoms with E-state index < -0.39 is 0 Å². The van der Waals surface area contributed by atoms with Crippen molar-refractivity contribution in [1.82, 2.24) is 15.0 Å². The predicted molar refractivity (Wildman–Crippen MR) is 96.0 cm³/mol. The molecule has 0 saturated heterocycles. The van der Waals surface area contributed by atoms with Gasteiger partial charge in [0.15, 0.2) is 5.82 Å². The summed E-state index contributed by atoms with van der Waals surface area (Å²) in [5.41, 5.74) is 1.97. The van der Waals surface area contributed by atoms with Gasteiger partial charge in [0.05, 0.1) is 0 Å². The summed E-state index contributed by atoms with van der Waals surface area (Å²) < 4.78 is 0. The van der Waals surface area contributed by atoms with Gasteiger partial charge >= 0.3 is 0 Å². The molecule has 2 aromatic rings. The van der Waals surface area contributed by atoms with E-state index in [-0.39, 0.29) is 0 Å². The largest absolute Gasteiger partial charge is 0.366 e. The first kappa shape index (κ1) is 16.0. The van der Waals surface area contributed by atoms with Crippen molar-refractivity contribution in [2.45, 2.75) is 71.4 Å². The summed E-state index contributed by atoms with van der Waals surface area (Å²) >= 11 is 0. The topological polar surface area (TPSA) is 62.7 Å². The number of anilines is 2. The highest BCUT2D eigenvalue weighted by Gasteiger charge is 2.15. The van der Waals surface area contributed by atoms with E-state index in [1.54, 1.807) is 0 Å². The molecule has 0 atom stereocenters. The molecule has 2 N–H and O–H groups in total. The van der Waals surface area contributed by atoms with E-state index in [0.29, 0.717) is 12.1 Å². The minimum Gasteiger partial charge on any atom is -0.366 e. The summed E-state index contributed by atoms with van der Waals surface area (Å²) in [5.74, 6) is 1.59. The molecule has 124 valence electrons. The number of fused-ring (bicyclic) bond motifs is 1. The number of aromatic nitrogens is 3. The van der Waals surface area contributed by atoms with Crippen molar-refractivity contribution in [3.05, 3.63) is 18.0 Å². The lowest BCUT2D eigenvalue weighted by Gasteiger charge is -2.23. The first-order chi connectivity index (χ1) is 11.2. The third kappa shape index (κ3) is 3.89. The molecule has 1 fully saturated rings. The quantitative estimate of drug-likeness (QED) is 0.868. The number of pyridine rings is 1. The molecule has 0 aliphatic heterocycles. The van der Waals surface area contributed by atoms with Crippen LogP contribution in [0, 0.1) is 0 Å². The number of hydrogen-bond donors (Lipinski definition) is 2. The van der Waals surface area contributed by atoms with Crippen LogP contribution in [0.15, 0.2) is 12.3 Å². The fourth-order valence-electron chi connectivity index (χ4n) is 3.15. The maximum Gasteiger partial charge on any atom is 0.223 e. The number of nitrogens with zero attached hydrogens (tertiary/aromatic N) is 3. The molecule has 0 aromatic carbocycles. The first-order valence-corrected chi connectivity index (χ1v) is 8.85. The Labute approximate surface area is 138 Å². The maximum atomic E-state index is 4.75. The standard InChI is InChI=1S/C18H27N5/c1-4-14-10-13-11-19-18(22-15-8-6-5-7-9-15)23-16(13)17(21-14)20-12(2)3/h10-12,15H,4-9H2,1-3H3,(H,20,21)(H,19,22,23). The molecule has 5 heteroatoms. The summed E-state index contributed by atoms with van der Waals surface area (Å²) in [6.45, 7) is 6.36. The van der Waals surface area contributed by atoms with Gasteiger partial charge in [0.2, 0.25) is 5.95 Å². The molecule has 1 aliphatic carbocycles. The Morgan fingerprint density at radius 3 is 2.65 bits per heavy atom. The summed E-state index contributed by atoms with van der Waals surface area (Å²) in [7, 11) is 0. The minimum atomic E-state index is 0.322. The molecule has 0 radical (unpaired) electrons. The molecular weight excluding hydrogens is 286 g/mol. The zero-order chi connectivity index (χ0) is 16.2. The fourth-order valence-corrected chi connectivity index (χ4v) is 3.15. The van der Waals surface area contributed by atoms with Crippen LogP contribution >= 0.6 is 0 Å². The molecule has 2 aromatic heterocycles. The van der Waals surface area contributed by atoms with Gasteiger partial charge in [0.25, 0.3) is 0 Å². The maximum absolute atomic E-state index is 4.75. The van der Waals surface area contributed by atoms with Gasteiger partial charge < -0.3 is 10.6 Å². The average Bonchev–Trinajstić information content (AvgIpc) is 2.55. The summed E-state index contributed by atoms with van der Waals surface area (Å²) in [4.78, 5) is 14.0. The van der Waals surface area contributed by atoms with Gasteiger partial charge in [-0.3, -0.25) is 0 Å². The second-order valence-electron chi connectivity index (χ2n) is 6.73. The van der Waals surface area contributed by atoms with Crippen LogP contribution in [0.5, 0.6) is 0 Å². The molecule has 0 spiro atoms. The minimum absolute atomic E-state index is 0.322. The summed E-state index contributed by atoms with van der Waals surface area (Å²) in [6.07, 6.45) is 9.20. The second kappa shape index (κ2) is 7.11. The molecule has 1 aliphatic rings. The SMILES string of the molecule is CCc1cc2cnc(NC3CCCCC3)nc2c(NC(C)C)n1. The van der Waals surface area contributed by atoms with Crippen LogP contribution in [-0.2, 0) is 6.42 Å². The van der Waals surface area contributed by atoms with E-state index in [2.05, 4.69) is 42.5 Å². The lowest BCUT2D eigenvalue weighted by atomic mass is 9.96. The van der Waals surface area contributed by atoms with Crippen molar-refractivity contribution in [2.24, 2.45) is 0 Å². The van der Waals surface area contributed by atoms with Gasteiger partial charge in [0, 0.05) is 29.4 Å². The van der Waals surface area contributed by atoms with Crippen molar-refractivity contribution in [3.63, 3.8) is 0 Å². The van der Waals surface area contributed by atoms with Crippen LogP contribution in [0.25, 0.3) is 10.9 Å². The molecule has 0 bridgehead atoms. The van der Waals surface area contributed by atoms with E-state index in [1.165, 1.54) is 32.1 Å². The van der Waals surface area contributed by atoms with Gasteiger partial charge in [-0.15, -0.1) is 0 Å². The summed E-state index contributed by atoms with van der Waals surface area (Å²) in [5, 5.41) is 7.98. The Kier molecular flexibility index (Phi) is 4.94. The first-order valence-electron chi connectivity index (χ1n) is 8.85. The third-order valence-electron chi connectivity index (χ3n) is 4.34. The van der Waals surface area contributed by atoms with Crippen molar-refractivity contribution < 1.29 is 0 Å². The van der Waals surface area contributed by atoms with Crippen molar-refractivity contribution >= 4 is 22.7 Å². The third-order valence-corrected chi connectivity index (χ3v) is 4.34. The highest BCUT2D eigenvalue weighted by molar-refractivity contribution is 5.88. The van der Waals surface area contributed by atoms with Crippen molar-refractivity contribution in [2.75, 3.05) is 10.6 Å². The molecule has 23 heavy (non-hydrogen) atoms. The predicted octanol–water partition coefficient (Wildman–Crippen LogP) is 4.15. The molecule has 5 nitrogen and oxygen atoms in total. The van der Waals surface area contributed by atoms with Crippen molar-refractivity contribution in [1.29, 1.82) is 0 Å². The monoisotopic (exact) mass is 313 g/mol. The molecule has 3 rings (SSSR count). The molecule has 1 saturated carbocycles. The molecule has 2 heterocycles. The van der Waals surface area contributed by atoms with E-state index in [4.69, 9.17) is 9.97 Å². The summed E-state index contributed by atoms with van der Waals surface area (Å²) in [6, 6.07) is 2.92. The Morgan fingerprint density at radius 2 is 1.96 bits per heavy atom. The van der Waals surface area contributed by atoms with E-state index in [1.807, 2.05) is 6.20 Å². The highest BCUT2D eigenvalue weighted by atomic mass is 15.1. The van der Waals surface area contributed by atoms with Gasteiger partial charge in [-0.1, -0.05) is 26.2 Å². The number of aryl methyl sites for hydroxylation is 1. The van der Waals surface area contributed by atoms with Gasteiger partial charge in [0.1, 0.15) is 5.52 Å². The molecule has 0 unspecified atom stereocenters. The number of rotatable bonds is 5. The molecule has 0 amide bonds. The van der Waals surface area contributed by atoms with Crippen LogP contribution in [0.3, 0.4) is 0 Å². The zero-order valence-corrected chi connectivity index (χ0v) is 14.4. The Bertz CT molecular complexity index is 662. The van der Waals surface area contributed by atoms with Crippen molar-refractivity contribution in [3.8, 4) is 0 Å². The normalized spacial score (nSPS) is 16.0. The Morgan fingerprint density at radius 1 is 1.17 bits per heavy atom. The Balaban J connectivity index is 1.92. The van der Waals surface area contributed by atoms with Crippen LogP contribution in [0.2, 0.25) is 0 Å². The second-order valence-corrected chi connectivity index (χ2v) is 6.73. The van der Waals surface area contributed by atoms with E-state index in [0.717, 1.165) is 34.8 Å². The fraction of sp³-hybridized carbons (Fsp3) is 0.611. The van der Waals surface area contributed by atoms with Gasteiger partial charge in [-0.2, -0.15) is 0 Å². The van der Waals surface area contributed by atoms with Gasteiger partial charge in [-0.05, 0) is 39.2 Å². The molecular formula is C18H27N5. The van der Waals surface area contributed by atoms with Crippen LogP contribution in [0.1, 0.15) is 58.6 Å². The van der Waals surface area contributed by atoms with E-state index >= 15 is 0 Å². The van der Waals surface area contributed by atoms with Gasteiger partial charge in [-0.25, -0.2) is 15.0 Å². The van der Waals surface area contributed by atoms with Crippen LogP contribution in [0.4, 0.5) is 11.8 Å². The Hall–Kier alpha value is -1.91. The van der Waals surface area contributed by atoms with Crippen LogP contribution in [-0.4, -0.2) is 27.0 Å². The lowest BCUT2D eigenvalue weighted by molar-refractivity contribution is 0.461. The van der Waals surface area contributed by atoms with Crippen LogP contribution < -0.4 is 10.6 Å². The lowest BCUT2D eigenvalue weighted by Crippen LogP contribution is -2.23. The number of hydrogen-bond acceptors (Lipinski definition) is 5. The smallest absolute Gasteiger partial charge is 0.223 e. The highest BCUT2D eigenvalue weighted by Crippen LogP contribution is 2.24. The zero-order valence-electron chi connectivity index (χ0n) is 14.4. The van der Waals surface area contributed by atoms with E-state index in [9.17, 15) is 0 Å².